The standard InChI is InChI=1S/C16H12F4N2O/c17-15(18)16(19,20)23-14-6-2-4-12(8-14)10-22-13-5-1-3-11(7-13)9-21/h1-8,15,22H,10H2. The molecule has 0 heterocycles. The maximum Gasteiger partial charge on any atom is 0.461 e. The van der Waals surface area contributed by atoms with Gasteiger partial charge in [-0.25, -0.2) is 0 Å². The first-order valence-corrected chi connectivity index (χ1v) is 6.58. The summed E-state index contributed by atoms with van der Waals surface area (Å²) in [5, 5.41) is 11.8. The Morgan fingerprint density at radius 3 is 2.57 bits per heavy atom. The first kappa shape index (κ1) is 16.6. The number of alkyl halides is 4. The van der Waals surface area contributed by atoms with Crippen LogP contribution >= 0.6 is 0 Å². The van der Waals surface area contributed by atoms with Crippen LogP contribution in [-0.4, -0.2) is 12.5 Å². The lowest BCUT2D eigenvalue weighted by Gasteiger charge is -2.17. The minimum absolute atomic E-state index is 0.256. The van der Waals surface area contributed by atoms with E-state index in [0.29, 0.717) is 16.8 Å². The maximum absolute atomic E-state index is 12.9. The van der Waals surface area contributed by atoms with E-state index < -0.39 is 12.5 Å². The molecular weight excluding hydrogens is 312 g/mol. The van der Waals surface area contributed by atoms with Crippen molar-refractivity contribution in [3.05, 3.63) is 59.7 Å². The minimum atomic E-state index is -4.53. The van der Waals surface area contributed by atoms with Gasteiger partial charge in [0.25, 0.3) is 0 Å². The largest absolute Gasteiger partial charge is 0.461 e. The fourth-order valence-corrected chi connectivity index (χ4v) is 1.82. The molecule has 0 bridgehead atoms. The van der Waals surface area contributed by atoms with Crippen molar-refractivity contribution in [1.29, 1.82) is 5.26 Å². The van der Waals surface area contributed by atoms with Gasteiger partial charge in [-0.15, -0.1) is 0 Å². The Morgan fingerprint density at radius 2 is 1.87 bits per heavy atom. The van der Waals surface area contributed by atoms with Gasteiger partial charge in [-0.3, -0.25) is 0 Å². The summed E-state index contributed by atoms with van der Waals surface area (Å²) in [5.74, 6) is -0.347. The summed E-state index contributed by atoms with van der Waals surface area (Å²) in [6.45, 7) is 0.256. The molecule has 3 nitrogen and oxygen atoms in total. The van der Waals surface area contributed by atoms with Crippen LogP contribution in [0.15, 0.2) is 48.5 Å². The smallest absolute Gasteiger partial charge is 0.428 e. The second-order valence-corrected chi connectivity index (χ2v) is 4.66. The van der Waals surface area contributed by atoms with Gasteiger partial charge in [-0.1, -0.05) is 18.2 Å². The van der Waals surface area contributed by atoms with Gasteiger partial charge in [-0.2, -0.15) is 22.8 Å². The molecule has 0 radical (unpaired) electrons. The molecule has 2 rings (SSSR count). The summed E-state index contributed by atoms with van der Waals surface area (Å²) in [7, 11) is 0. The van der Waals surface area contributed by atoms with Gasteiger partial charge in [-0.05, 0) is 35.9 Å². The third kappa shape index (κ3) is 4.61. The van der Waals surface area contributed by atoms with E-state index >= 15 is 0 Å². The molecule has 23 heavy (non-hydrogen) atoms. The molecule has 2 aromatic carbocycles. The Kier molecular flexibility index (Phi) is 5.06. The van der Waals surface area contributed by atoms with Gasteiger partial charge in [0.2, 0.25) is 0 Å². The topological polar surface area (TPSA) is 45.0 Å². The summed E-state index contributed by atoms with van der Waals surface area (Å²) >= 11 is 0. The monoisotopic (exact) mass is 324 g/mol. The first-order valence-electron chi connectivity index (χ1n) is 6.58. The van der Waals surface area contributed by atoms with Crippen molar-refractivity contribution in [3.8, 4) is 11.8 Å². The lowest BCUT2D eigenvalue weighted by molar-refractivity contribution is -0.253. The zero-order valence-corrected chi connectivity index (χ0v) is 11.8. The number of benzene rings is 2. The molecule has 0 spiro atoms. The molecule has 0 aliphatic carbocycles. The number of nitriles is 1. The van der Waals surface area contributed by atoms with E-state index in [1.54, 1.807) is 30.3 Å². The van der Waals surface area contributed by atoms with E-state index in [9.17, 15) is 17.6 Å². The molecule has 0 unspecified atom stereocenters. The molecular formula is C16H12F4N2O. The van der Waals surface area contributed by atoms with Crippen LogP contribution in [0.5, 0.6) is 5.75 Å². The maximum atomic E-state index is 12.9. The predicted molar refractivity (Wildman–Crippen MR) is 76.5 cm³/mol. The van der Waals surface area contributed by atoms with Crippen LogP contribution in [0.25, 0.3) is 0 Å². The van der Waals surface area contributed by atoms with Crippen LogP contribution in [0.1, 0.15) is 11.1 Å². The first-order chi connectivity index (χ1) is 10.9. The average Bonchev–Trinajstić information content (AvgIpc) is 2.53. The number of anilines is 1. The SMILES string of the molecule is N#Cc1cccc(NCc2cccc(OC(F)(F)C(F)F)c2)c1. The minimum Gasteiger partial charge on any atom is -0.428 e. The lowest BCUT2D eigenvalue weighted by atomic mass is 10.2. The van der Waals surface area contributed by atoms with Gasteiger partial charge >= 0.3 is 12.5 Å². The van der Waals surface area contributed by atoms with Gasteiger partial charge in [0.1, 0.15) is 5.75 Å². The van der Waals surface area contributed by atoms with E-state index in [-0.39, 0.29) is 12.3 Å². The van der Waals surface area contributed by atoms with Gasteiger partial charge in [0, 0.05) is 12.2 Å². The number of halogens is 4. The number of nitrogens with one attached hydrogen (secondary N) is 1. The highest BCUT2D eigenvalue weighted by Gasteiger charge is 2.43. The van der Waals surface area contributed by atoms with Crippen LogP contribution in [0.2, 0.25) is 0 Å². The van der Waals surface area contributed by atoms with E-state index in [1.165, 1.54) is 18.2 Å². The van der Waals surface area contributed by atoms with E-state index in [0.717, 1.165) is 0 Å². The van der Waals surface area contributed by atoms with Crippen molar-refractivity contribution in [2.24, 2.45) is 0 Å². The number of hydrogen-bond donors (Lipinski definition) is 1. The average molecular weight is 324 g/mol. The van der Waals surface area contributed by atoms with Crippen LogP contribution in [0.3, 0.4) is 0 Å². The highest BCUT2D eigenvalue weighted by molar-refractivity contribution is 5.49. The van der Waals surface area contributed by atoms with Crippen molar-refractivity contribution in [2.75, 3.05) is 5.32 Å². The third-order valence-corrected chi connectivity index (χ3v) is 2.89. The Morgan fingerprint density at radius 1 is 1.13 bits per heavy atom. The summed E-state index contributed by atoms with van der Waals surface area (Å²) in [6, 6.07) is 14.2. The summed E-state index contributed by atoms with van der Waals surface area (Å²) < 4.78 is 54.0. The van der Waals surface area contributed by atoms with Crippen molar-refractivity contribution in [3.63, 3.8) is 0 Å². The molecule has 120 valence electrons. The Hall–Kier alpha value is -2.75. The molecule has 0 saturated heterocycles. The Bertz CT molecular complexity index is 713. The molecule has 0 atom stereocenters. The normalized spacial score (nSPS) is 11.1. The second-order valence-electron chi connectivity index (χ2n) is 4.66. The van der Waals surface area contributed by atoms with Crippen molar-refractivity contribution in [2.45, 2.75) is 19.1 Å². The van der Waals surface area contributed by atoms with E-state index in [1.807, 2.05) is 6.07 Å². The zero-order chi connectivity index (χ0) is 16.9. The highest BCUT2D eigenvalue weighted by atomic mass is 19.3. The van der Waals surface area contributed by atoms with Gasteiger partial charge in [0.15, 0.2) is 0 Å². The summed E-state index contributed by atoms with van der Waals surface area (Å²) in [4.78, 5) is 0. The summed E-state index contributed by atoms with van der Waals surface area (Å²) in [5.41, 5.74) is 1.71. The predicted octanol–water partition coefficient (Wildman–Crippen LogP) is 4.41. The number of nitrogens with zero attached hydrogens (tertiary/aromatic N) is 1. The molecule has 0 amide bonds. The van der Waals surface area contributed by atoms with Crippen molar-refractivity contribution < 1.29 is 22.3 Å². The number of rotatable bonds is 6. The van der Waals surface area contributed by atoms with Crippen molar-refractivity contribution in [1.82, 2.24) is 0 Å². The van der Waals surface area contributed by atoms with Crippen LogP contribution in [-0.2, 0) is 6.54 Å². The Labute approximate surface area is 130 Å². The molecule has 0 saturated carbocycles. The fourth-order valence-electron chi connectivity index (χ4n) is 1.82. The fraction of sp³-hybridized carbons (Fsp3) is 0.188. The molecule has 0 aliphatic rings. The van der Waals surface area contributed by atoms with E-state index in [4.69, 9.17) is 5.26 Å². The molecule has 7 heteroatoms. The van der Waals surface area contributed by atoms with Gasteiger partial charge < -0.3 is 10.1 Å². The molecule has 0 fully saturated rings. The zero-order valence-electron chi connectivity index (χ0n) is 11.8. The molecule has 1 N–H and O–H groups in total. The molecule has 0 aromatic heterocycles. The lowest BCUT2D eigenvalue weighted by Crippen LogP contribution is -2.33. The molecule has 0 aliphatic heterocycles. The highest BCUT2D eigenvalue weighted by Crippen LogP contribution is 2.28. The van der Waals surface area contributed by atoms with Crippen molar-refractivity contribution >= 4 is 5.69 Å². The summed E-state index contributed by atoms with van der Waals surface area (Å²) in [6.07, 6.45) is -8.44. The quantitative estimate of drug-likeness (QED) is 0.801. The molecule has 2 aromatic rings. The van der Waals surface area contributed by atoms with Gasteiger partial charge in [0.05, 0.1) is 11.6 Å². The number of ether oxygens (including phenoxy) is 1. The van der Waals surface area contributed by atoms with Crippen LogP contribution < -0.4 is 10.1 Å². The van der Waals surface area contributed by atoms with Crippen LogP contribution in [0, 0.1) is 11.3 Å². The van der Waals surface area contributed by atoms with E-state index in [2.05, 4.69) is 10.1 Å². The third-order valence-electron chi connectivity index (χ3n) is 2.89. The number of hydrogen-bond acceptors (Lipinski definition) is 3. The Balaban J connectivity index is 2.04. The van der Waals surface area contributed by atoms with Crippen LogP contribution in [0.4, 0.5) is 23.2 Å². The second kappa shape index (κ2) is 7.01.